The average molecular weight is 144 g/mol. The highest BCUT2D eigenvalue weighted by Gasteiger charge is 2.12. The highest BCUT2D eigenvalue weighted by molar-refractivity contribution is 5.47. The van der Waals surface area contributed by atoms with E-state index in [0.29, 0.717) is 0 Å². The summed E-state index contributed by atoms with van der Waals surface area (Å²) in [6, 6.07) is 0.188. The van der Waals surface area contributed by atoms with Gasteiger partial charge in [-0.3, -0.25) is 4.79 Å². The topological polar surface area (TPSA) is 46.3 Å². The monoisotopic (exact) mass is 144 g/mol. The summed E-state index contributed by atoms with van der Waals surface area (Å²) in [5.41, 5.74) is 5.59. The lowest BCUT2D eigenvalue weighted by molar-refractivity contribution is -0.120. The summed E-state index contributed by atoms with van der Waals surface area (Å²) >= 11 is 0. The van der Waals surface area contributed by atoms with Crippen molar-refractivity contribution in [3.05, 3.63) is 0 Å². The molecule has 10 heavy (non-hydrogen) atoms. The van der Waals surface area contributed by atoms with E-state index in [0.717, 1.165) is 13.0 Å². The minimum absolute atomic E-state index is 0.0464. The first-order chi connectivity index (χ1) is 4.63. The number of nitrogens with zero attached hydrogens (tertiary/aromatic N) is 1. The Bertz CT molecular complexity index is 104. The first kappa shape index (κ1) is 9.43. The van der Waals surface area contributed by atoms with Crippen molar-refractivity contribution in [2.75, 3.05) is 6.54 Å². The molecule has 0 unspecified atom stereocenters. The molecule has 3 heteroatoms. The predicted molar refractivity (Wildman–Crippen MR) is 41.6 cm³/mol. The van der Waals surface area contributed by atoms with E-state index in [2.05, 4.69) is 0 Å². The molecule has 0 aromatic carbocycles. The Hall–Kier alpha value is -0.570. The van der Waals surface area contributed by atoms with Gasteiger partial charge in [0.2, 0.25) is 6.41 Å². The van der Waals surface area contributed by atoms with Gasteiger partial charge in [0.25, 0.3) is 0 Å². The molecule has 0 aliphatic heterocycles. The minimum atomic E-state index is 0.0464. The van der Waals surface area contributed by atoms with E-state index < -0.39 is 0 Å². The van der Waals surface area contributed by atoms with Gasteiger partial charge in [0.15, 0.2) is 0 Å². The fourth-order valence-corrected chi connectivity index (χ4v) is 0.761. The molecule has 0 aliphatic rings. The van der Waals surface area contributed by atoms with Gasteiger partial charge in [-0.1, -0.05) is 0 Å². The molecule has 0 spiro atoms. The van der Waals surface area contributed by atoms with Crippen molar-refractivity contribution in [3.8, 4) is 0 Å². The molecule has 2 atom stereocenters. The van der Waals surface area contributed by atoms with Gasteiger partial charge in [-0.2, -0.15) is 0 Å². The Morgan fingerprint density at radius 1 is 1.60 bits per heavy atom. The molecule has 0 heterocycles. The first-order valence-corrected chi connectivity index (χ1v) is 3.60. The van der Waals surface area contributed by atoms with Crippen molar-refractivity contribution in [2.24, 2.45) is 5.73 Å². The van der Waals surface area contributed by atoms with Crippen LogP contribution in [0.25, 0.3) is 0 Å². The van der Waals surface area contributed by atoms with Crippen LogP contribution in [0.1, 0.15) is 20.8 Å². The predicted octanol–water partition coefficient (Wildman–Crippen LogP) is 0.200. The van der Waals surface area contributed by atoms with Crippen molar-refractivity contribution >= 4 is 6.41 Å². The summed E-state index contributed by atoms with van der Waals surface area (Å²) in [6.45, 7) is 6.51. The maximum absolute atomic E-state index is 10.4. The molecular formula is C7H16N2O. The second kappa shape index (κ2) is 4.28. The zero-order valence-electron chi connectivity index (χ0n) is 6.87. The van der Waals surface area contributed by atoms with Crippen molar-refractivity contribution in [1.29, 1.82) is 0 Å². The van der Waals surface area contributed by atoms with Gasteiger partial charge in [-0.05, 0) is 20.8 Å². The molecule has 3 nitrogen and oxygen atoms in total. The molecule has 2 N–H and O–H groups in total. The quantitative estimate of drug-likeness (QED) is 0.573. The maximum Gasteiger partial charge on any atom is 0.209 e. The van der Waals surface area contributed by atoms with Crippen LogP contribution < -0.4 is 5.73 Å². The van der Waals surface area contributed by atoms with E-state index in [-0.39, 0.29) is 12.1 Å². The van der Waals surface area contributed by atoms with E-state index in [1.807, 2.05) is 20.8 Å². The van der Waals surface area contributed by atoms with Gasteiger partial charge in [0, 0.05) is 18.6 Å². The Morgan fingerprint density at radius 2 is 2.10 bits per heavy atom. The molecule has 1 amide bonds. The molecule has 0 saturated heterocycles. The molecule has 0 aromatic heterocycles. The van der Waals surface area contributed by atoms with Gasteiger partial charge in [0.05, 0.1) is 0 Å². The number of hydrogen-bond donors (Lipinski definition) is 1. The summed E-state index contributed by atoms with van der Waals surface area (Å²) < 4.78 is 0. The van der Waals surface area contributed by atoms with Gasteiger partial charge < -0.3 is 10.6 Å². The van der Waals surface area contributed by atoms with Crippen LogP contribution in [0.4, 0.5) is 0 Å². The number of hydrogen-bond acceptors (Lipinski definition) is 2. The van der Waals surface area contributed by atoms with E-state index in [1.165, 1.54) is 0 Å². The van der Waals surface area contributed by atoms with Crippen molar-refractivity contribution < 1.29 is 4.79 Å². The Morgan fingerprint density at radius 3 is 2.20 bits per heavy atom. The number of nitrogens with two attached hydrogens (primary N) is 1. The van der Waals surface area contributed by atoms with Crippen LogP contribution in [0.2, 0.25) is 0 Å². The number of amides is 1. The molecule has 0 aromatic rings. The molecule has 0 radical (unpaired) electrons. The van der Waals surface area contributed by atoms with Crippen LogP contribution in [0, 0.1) is 0 Å². The van der Waals surface area contributed by atoms with Crippen LogP contribution in [-0.2, 0) is 4.79 Å². The normalized spacial score (nSPS) is 16.0. The first-order valence-electron chi connectivity index (χ1n) is 3.60. The summed E-state index contributed by atoms with van der Waals surface area (Å²) in [5.74, 6) is 0. The highest BCUT2D eigenvalue weighted by Crippen LogP contribution is 1.97. The molecular weight excluding hydrogens is 128 g/mol. The van der Waals surface area contributed by atoms with E-state index >= 15 is 0 Å². The van der Waals surface area contributed by atoms with Crippen LogP contribution in [0.3, 0.4) is 0 Å². The summed E-state index contributed by atoms with van der Waals surface area (Å²) in [7, 11) is 0. The highest BCUT2D eigenvalue weighted by atomic mass is 16.1. The average Bonchev–Trinajstić information content (AvgIpc) is 1.90. The fraction of sp³-hybridized carbons (Fsp3) is 0.857. The lowest BCUT2D eigenvalue weighted by Gasteiger charge is -2.26. The number of likely N-dealkylation sites (N-methyl/N-ethyl adjacent to an activating group) is 1. The van der Waals surface area contributed by atoms with Crippen molar-refractivity contribution in [3.63, 3.8) is 0 Å². The Kier molecular flexibility index (Phi) is 4.03. The standard InChI is InChI=1S/C7H16N2O/c1-4-9(5-10)7(3)6(2)8/h5-7H,4,8H2,1-3H3/t6-,7-/m0/s1. The Balaban J connectivity index is 3.87. The lowest BCUT2D eigenvalue weighted by atomic mass is 10.1. The third kappa shape index (κ3) is 2.35. The van der Waals surface area contributed by atoms with Crippen molar-refractivity contribution in [2.45, 2.75) is 32.9 Å². The smallest absolute Gasteiger partial charge is 0.209 e. The summed E-state index contributed by atoms with van der Waals surface area (Å²) in [4.78, 5) is 12.0. The van der Waals surface area contributed by atoms with Crippen molar-refractivity contribution in [1.82, 2.24) is 4.90 Å². The van der Waals surface area contributed by atoms with Crippen LogP contribution in [0.5, 0.6) is 0 Å². The second-order valence-electron chi connectivity index (χ2n) is 2.54. The zero-order chi connectivity index (χ0) is 8.15. The van der Waals surface area contributed by atoms with E-state index in [9.17, 15) is 4.79 Å². The lowest BCUT2D eigenvalue weighted by Crippen LogP contribution is -2.43. The summed E-state index contributed by atoms with van der Waals surface area (Å²) in [5, 5.41) is 0. The maximum atomic E-state index is 10.4. The van der Waals surface area contributed by atoms with Gasteiger partial charge >= 0.3 is 0 Å². The number of rotatable bonds is 4. The largest absolute Gasteiger partial charge is 0.341 e. The SMILES string of the molecule is CCN(C=O)[C@@H](C)[C@H](C)N. The molecule has 60 valence electrons. The Labute approximate surface area is 62.2 Å². The van der Waals surface area contributed by atoms with Crippen LogP contribution in [-0.4, -0.2) is 29.9 Å². The van der Waals surface area contributed by atoms with Crippen LogP contribution in [0.15, 0.2) is 0 Å². The minimum Gasteiger partial charge on any atom is -0.341 e. The third-order valence-corrected chi connectivity index (χ3v) is 1.78. The zero-order valence-corrected chi connectivity index (χ0v) is 6.87. The summed E-state index contributed by atoms with van der Waals surface area (Å²) in [6.07, 6.45) is 0.841. The van der Waals surface area contributed by atoms with Crippen LogP contribution >= 0.6 is 0 Å². The van der Waals surface area contributed by atoms with E-state index in [1.54, 1.807) is 4.90 Å². The van der Waals surface area contributed by atoms with Gasteiger partial charge in [-0.25, -0.2) is 0 Å². The molecule has 0 aliphatic carbocycles. The van der Waals surface area contributed by atoms with E-state index in [4.69, 9.17) is 5.73 Å². The fourth-order valence-electron chi connectivity index (χ4n) is 0.761. The third-order valence-electron chi connectivity index (χ3n) is 1.78. The molecule has 0 saturated carbocycles. The number of carbonyl (C=O) groups excluding carboxylic acids is 1. The molecule has 0 fully saturated rings. The molecule has 0 bridgehead atoms. The van der Waals surface area contributed by atoms with Gasteiger partial charge in [0.1, 0.15) is 0 Å². The number of carbonyl (C=O) groups is 1. The van der Waals surface area contributed by atoms with Gasteiger partial charge in [-0.15, -0.1) is 0 Å². The molecule has 0 rings (SSSR count). The second-order valence-corrected chi connectivity index (χ2v) is 2.54.